The van der Waals surface area contributed by atoms with Crippen LogP contribution in [-0.2, 0) is 4.79 Å². The normalized spacial score (nSPS) is 14.8. The molecule has 0 bridgehead atoms. The Bertz CT molecular complexity index is 931. The minimum atomic E-state index is -0.364. The number of carbonyl (C=O) groups excluding carboxylic acids is 1. The molecule has 0 aromatic heterocycles. The number of carbonyl (C=O) groups is 1. The van der Waals surface area contributed by atoms with Crippen LogP contribution in [0.1, 0.15) is 5.56 Å². The van der Waals surface area contributed by atoms with Gasteiger partial charge in [-0.3, -0.25) is 4.79 Å². The number of piperazine rings is 1. The van der Waals surface area contributed by atoms with E-state index in [0.29, 0.717) is 47.5 Å². The number of para-hydroxylation sites is 1. The lowest BCUT2D eigenvalue weighted by molar-refractivity contribution is -0.126. The molecule has 0 unspecified atom stereocenters. The molecule has 1 fully saturated rings. The van der Waals surface area contributed by atoms with E-state index in [2.05, 4.69) is 0 Å². The summed E-state index contributed by atoms with van der Waals surface area (Å²) in [5, 5.41) is 10.3. The molecule has 1 amide bonds. The van der Waals surface area contributed by atoms with Crippen LogP contribution in [0.25, 0.3) is 6.08 Å². The zero-order valence-corrected chi connectivity index (χ0v) is 15.8. The fourth-order valence-corrected chi connectivity index (χ4v) is 3.41. The summed E-state index contributed by atoms with van der Waals surface area (Å²) in [6.07, 6.45) is 1.46. The van der Waals surface area contributed by atoms with Gasteiger partial charge in [0.15, 0.2) is 0 Å². The first-order valence-electron chi connectivity index (χ1n) is 8.35. The van der Waals surface area contributed by atoms with Crippen molar-refractivity contribution in [3.63, 3.8) is 0 Å². The molecule has 3 rings (SSSR count). The van der Waals surface area contributed by atoms with E-state index in [1.165, 1.54) is 12.1 Å². The highest BCUT2D eigenvalue weighted by molar-refractivity contribution is 6.35. The standard InChI is InChI=1S/C20H16Cl2FN3O/c21-16-6-5-14(17(22)12-16)11-15(13-24)20(27)26-9-7-25(8-10-26)19-4-2-1-3-18(19)23/h1-6,11-12H,7-10H2/b15-11+. The Labute approximate surface area is 167 Å². The first-order valence-corrected chi connectivity index (χ1v) is 9.11. The molecule has 1 aliphatic rings. The predicted molar refractivity (Wildman–Crippen MR) is 105 cm³/mol. The van der Waals surface area contributed by atoms with Crippen LogP contribution in [0, 0.1) is 17.1 Å². The minimum Gasteiger partial charge on any atom is -0.366 e. The van der Waals surface area contributed by atoms with Crippen molar-refractivity contribution in [1.29, 1.82) is 5.26 Å². The molecule has 0 radical (unpaired) electrons. The van der Waals surface area contributed by atoms with Crippen LogP contribution in [0.4, 0.5) is 10.1 Å². The van der Waals surface area contributed by atoms with Gasteiger partial charge in [0.25, 0.3) is 5.91 Å². The van der Waals surface area contributed by atoms with E-state index >= 15 is 0 Å². The number of rotatable bonds is 3. The Morgan fingerprint density at radius 1 is 1.11 bits per heavy atom. The molecule has 0 spiro atoms. The van der Waals surface area contributed by atoms with Crippen LogP contribution < -0.4 is 4.90 Å². The van der Waals surface area contributed by atoms with Crippen LogP contribution in [0.2, 0.25) is 10.0 Å². The van der Waals surface area contributed by atoms with Gasteiger partial charge in [-0.2, -0.15) is 5.26 Å². The van der Waals surface area contributed by atoms with Gasteiger partial charge in [-0.15, -0.1) is 0 Å². The van der Waals surface area contributed by atoms with Crippen molar-refractivity contribution in [2.24, 2.45) is 0 Å². The number of nitrogens with zero attached hydrogens (tertiary/aromatic N) is 3. The molecule has 1 saturated heterocycles. The van der Waals surface area contributed by atoms with Crippen LogP contribution >= 0.6 is 23.2 Å². The number of halogens is 3. The molecule has 1 heterocycles. The molecule has 0 aliphatic carbocycles. The van der Waals surface area contributed by atoms with Crippen molar-refractivity contribution < 1.29 is 9.18 Å². The molecule has 0 N–H and O–H groups in total. The van der Waals surface area contributed by atoms with E-state index in [0.717, 1.165) is 0 Å². The smallest absolute Gasteiger partial charge is 0.264 e. The Kier molecular flexibility index (Phi) is 6.00. The second-order valence-electron chi connectivity index (χ2n) is 6.07. The summed E-state index contributed by atoms with van der Waals surface area (Å²) >= 11 is 12.0. The molecule has 1 aliphatic heterocycles. The fourth-order valence-electron chi connectivity index (χ4n) is 2.94. The number of benzene rings is 2. The lowest BCUT2D eigenvalue weighted by atomic mass is 10.1. The maximum absolute atomic E-state index is 13.9. The van der Waals surface area contributed by atoms with E-state index in [1.54, 1.807) is 41.3 Å². The summed E-state index contributed by atoms with van der Waals surface area (Å²) in [5.74, 6) is -0.649. The lowest BCUT2D eigenvalue weighted by Crippen LogP contribution is -2.49. The summed E-state index contributed by atoms with van der Waals surface area (Å²) < 4.78 is 13.9. The molecular weight excluding hydrogens is 388 g/mol. The number of amides is 1. The lowest BCUT2D eigenvalue weighted by Gasteiger charge is -2.36. The van der Waals surface area contributed by atoms with Gasteiger partial charge >= 0.3 is 0 Å². The molecular formula is C20H16Cl2FN3O. The van der Waals surface area contributed by atoms with E-state index in [4.69, 9.17) is 23.2 Å². The number of hydrogen-bond acceptors (Lipinski definition) is 3. The maximum atomic E-state index is 13.9. The highest BCUT2D eigenvalue weighted by Crippen LogP contribution is 2.24. The van der Waals surface area contributed by atoms with Crippen LogP contribution in [0.3, 0.4) is 0 Å². The second kappa shape index (κ2) is 8.43. The zero-order valence-electron chi connectivity index (χ0n) is 14.3. The van der Waals surface area contributed by atoms with Crippen molar-refractivity contribution in [2.45, 2.75) is 0 Å². The van der Waals surface area contributed by atoms with Crippen molar-refractivity contribution in [3.05, 3.63) is 69.5 Å². The number of hydrogen-bond donors (Lipinski definition) is 0. The summed E-state index contributed by atoms with van der Waals surface area (Å²) in [7, 11) is 0. The quantitative estimate of drug-likeness (QED) is 0.563. The highest BCUT2D eigenvalue weighted by Gasteiger charge is 2.25. The molecule has 2 aromatic rings. The Balaban J connectivity index is 1.71. The molecule has 4 nitrogen and oxygen atoms in total. The average Bonchev–Trinajstić information content (AvgIpc) is 2.67. The van der Waals surface area contributed by atoms with Gasteiger partial charge in [-0.05, 0) is 35.9 Å². The number of nitriles is 1. The third-order valence-electron chi connectivity index (χ3n) is 4.37. The topological polar surface area (TPSA) is 47.3 Å². The zero-order chi connectivity index (χ0) is 19.4. The fraction of sp³-hybridized carbons (Fsp3) is 0.200. The van der Waals surface area contributed by atoms with Crippen molar-refractivity contribution in [1.82, 2.24) is 4.90 Å². The average molecular weight is 404 g/mol. The molecule has 2 aromatic carbocycles. The Morgan fingerprint density at radius 2 is 1.81 bits per heavy atom. The highest BCUT2D eigenvalue weighted by atomic mass is 35.5. The first kappa shape index (κ1) is 19.2. The van der Waals surface area contributed by atoms with Crippen LogP contribution in [0.5, 0.6) is 0 Å². The van der Waals surface area contributed by atoms with E-state index < -0.39 is 0 Å². The molecule has 0 atom stereocenters. The first-order chi connectivity index (χ1) is 13.0. The van der Waals surface area contributed by atoms with Gasteiger partial charge in [0.2, 0.25) is 0 Å². The van der Waals surface area contributed by atoms with Gasteiger partial charge in [-0.1, -0.05) is 41.4 Å². The Hall–Kier alpha value is -2.55. The summed E-state index contributed by atoms with van der Waals surface area (Å²) in [5.41, 5.74) is 1.07. The van der Waals surface area contributed by atoms with Crippen LogP contribution in [-0.4, -0.2) is 37.0 Å². The minimum absolute atomic E-state index is 0.00133. The van der Waals surface area contributed by atoms with Crippen molar-refractivity contribution in [2.75, 3.05) is 31.1 Å². The largest absolute Gasteiger partial charge is 0.366 e. The Morgan fingerprint density at radius 3 is 2.44 bits per heavy atom. The summed E-state index contributed by atoms with van der Waals surface area (Å²) in [4.78, 5) is 16.2. The summed E-state index contributed by atoms with van der Waals surface area (Å²) in [6.45, 7) is 1.79. The molecule has 138 valence electrons. The van der Waals surface area contributed by atoms with Gasteiger partial charge in [0.05, 0.1) is 5.69 Å². The monoisotopic (exact) mass is 403 g/mol. The van der Waals surface area contributed by atoms with E-state index in [9.17, 15) is 14.4 Å². The van der Waals surface area contributed by atoms with Crippen molar-refractivity contribution >= 4 is 40.9 Å². The van der Waals surface area contributed by atoms with Gasteiger partial charge in [0, 0.05) is 36.2 Å². The van der Waals surface area contributed by atoms with E-state index in [1.807, 2.05) is 11.0 Å². The van der Waals surface area contributed by atoms with Gasteiger partial charge < -0.3 is 9.80 Å². The number of anilines is 1. The SMILES string of the molecule is N#C/C(=C\c1ccc(Cl)cc1Cl)C(=O)N1CCN(c2ccccc2F)CC1. The van der Waals surface area contributed by atoms with Crippen LogP contribution in [0.15, 0.2) is 48.0 Å². The van der Waals surface area contributed by atoms with E-state index in [-0.39, 0.29) is 17.3 Å². The molecule has 0 saturated carbocycles. The second-order valence-corrected chi connectivity index (χ2v) is 6.91. The summed E-state index contributed by atoms with van der Waals surface area (Å²) in [6, 6.07) is 13.4. The van der Waals surface area contributed by atoms with Gasteiger partial charge in [0.1, 0.15) is 17.5 Å². The third kappa shape index (κ3) is 4.41. The molecule has 27 heavy (non-hydrogen) atoms. The predicted octanol–water partition coefficient (Wildman–Crippen LogP) is 4.39. The van der Waals surface area contributed by atoms with Gasteiger partial charge in [-0.25, -0.2) is 4.39 Å². The maximum Gasteiger partial charge on any atom is 0.264 e. The molecule has 7 heteroatoms. The third-order valence-corrected chi connectivity index (χ3v) is 4.94. The van der Waals surface area contributed by atoms with Crippen molar-refractivity contribution in [3.8, 4) is 6.07 Å².